The van der Waals surface area contributed by atoms with Crippen LogP contribution in [0.3, 0.4) is 0 Å². The van der Waals surface area contributed by atoms with Crippen LogP contribution in [0.25, 0.3) is 0 Å². The molecule has 5 atom stereocenters. The van der Waals surface area contributed by atoms with Gasteiger partial charge in [-0.3, -0.25) is 0 Å². The van der Waals surface area contributed by atoms with Crippen molar-refractivity contribution >= 4 is 0 Å². The van der Waals surface area contributed by atoms with E-state index in [-0.39, 0.29) is 16.8 Å². The van der Waals surface area contributed by atoms with Gasteiger partial charge >= 0.3 is 0 Å². The molecule has 1 spiro atoms. The van der Waals surface area contributed by atoms with Crippen LogP contribution >= 0.6 is 0 Å². The number of rotatable bonds is 1. The van der Waals surface area contributed by atoms with Gasteiger partial charge in [0.15, 0.2) is 5.79 Å². The molecular weight excluding hydrogens is 364 g/mol. The highest BCUT2D eigenvalue weighted by atomic mass is 16.7. The number of hydrogen-bond acceptors (Lipinski definition) is 4. The Morgan fingerprint density at radius 2 is 1.79 bits per heavy atom. The third-order valence-electron chi connectivity index (χ3n) is 9.89. The standard InChI is InChI=1S/C25H36O4/c1-22-10-6-19-18-7-11-24(28-14-15-29-24)16-17(18)4-5-20(19)21(22)8-12-25(22,26)23(2)9-3-13-27-23/h6,20-21,26H,3-5,7-16H2,1-2H3/t20-,21+,22+,23?,25-/m1/s1. The predicted molar refractivity (Wildman–Crippen MR) is 110 cm³/mol. The van der Waals surface area contributed by atoms with Gasteiger partial charge in [-0.15, -0.1) is 0 Å². The summed E-state index contributed by atoms with van der Waals surface area (Å²) in [7, 11) is 0. The highest BCUT2D eigenvalue weighted by molar-refractivity contribution is 5.45. The fourth-order valence-corrected chi connectivity index (χ4v) is 8.28. The maximum Gasteiger partial charge on any atom is 0.172 e. The van der Waals surface area contributed by atoms with Crippen molar-refractivity contribution in [3.8, 4) is 0 Å². The van der Waals surface area contributed by atoms with E-state index in [0.717, 1.165) is 71.2 Å². The molecule has 29 heavy (non-hydrogen) atoms. The fourth-order valence-electron chi connectivity index (χ4n) is 8.28. The van der Waals surface area contributed by atoms with E-state index in [1.54, 1.807) is 16.7 Å². The minimum absolute atomic E-state index is 0.0775. The molecule has 1 saturated carbocycles. The van der Waals surface area contributed by atoms with Gasteiger partial charge in [0.05, 0.1) is 24.4 Å². The lowest BCUT2D eigenvalue weighted by molar-refractivity contribution is -0.205. The zero-order valence-corrected chi connectivity index (χ0v) is 18.1. The Hall–Kier alpha value is -0.680. The molecule has 4 nitrogen and oxygen atoms in total. The van der Waals surface area contributed by atoms with Gasteiger partial charge in [0.25, 0.3) is 0 Å². The van der Waals surface area contributed by atoms with Crippen molar-refractivity contribution in [2.24, 2.45) is 17.3 Å². The monoisotopic (exact) mass is 400 g/mol. The van der Waals surface area contributed by atoms with Gasteiger partial charge < -0.3 is 19.3 Å². The first-order valence-electron chi connectivity index (χ1n) is 12.0. The molecule has 4 heteroatoms. The van der Waals surface area contributed by atoms with Crippen LogP contribution in [0.1, 0.15) is 78.1 Å². The summed E-state index contributed by atoms with van der Waals surface area (Å²) in [5.74, 6) is 0.848. The molecule has 1 N–H and O–H groups in total. The van der Waals surface area contributed by atoms with Gasteiger partial charge in [0.1, 0.15) is 0 Å². The molecule has 0 bridgehead atoms. The van der Waals surface area contributed by atoms with E-state index >= 15 is 0 Å². The summed E-state index contributed by atoms with van der Waals surface area (Å²) in [4.78, 5) is 0. The van der Waals surface area contributed by atoms with Crippen molar-refractivity contribution in [2.75, 3.05) is 19.8 Å². The number of hydrogen-bond donors (Lipinski definition) is 1. The molecule has 0 radical (unpaired) electrons. The van der Waals surface area contributed by atoms with Gasteiger partial charge in [0, 0.05) is 24.9 Å². The average molecular weight is 401 g/mol. The van der Waals surface area contributed by atoms with Crippen LogP contribution in [0.2, 0.25) is 0 Å². The minimum atomic E-state index is -0.708. The van der Waals surface area contributed by atoms with Crippen LogP contribution in [-0.2, 0) is 14.2 Å². The number of allylic oxidation sites excluding steroid dienone is 3. The Labute approximate surface area is 174 Å². The Kier molecular flexibility index (Phi) is 4.06. The second kappa shape index (κ2) is 6.18. The molecular formula is C25H36O4. The zero-order chi connectivity index (χ0) is 19.9. The third kappa shape index (κ3) is 2.41. The van der Waals surface area contributed by atoms with Crippen molar-refractivity contribution < 1.29 is 19.3 Å². The highest BCUT2D eigenvalue weighted by Gasteiger charge is 2.67. The molecule has 4 aliphatic carbocycles. The third-order valence-corrected chi connectivity index (χ3v) is 9.89. The minimum Gasteiger partial charge on any atom is -0.386 e. The van der Waals surface area contributed by atoms with Crippen LogP contribution in [0, 0.1) is 17.3 Å². The number of fused-ring (bicyclic) bond motifs is 4. The molecule has 0 amide bonds. The Morgan fingerprint density at radius 3 is 2.55 bits per heavy atom. The predicted octanol–water partition coefficient (Wildman–Crippen LogP) is 4.67. The summed E-state index contributed by atoms with van der Waals surface area (Å²) in [5, 5.41) is 12.1. The molecule has 2 saturated heterocycles. The lowest BCUT2D eigenvalue weighted by Gasteiger charge is -2.55. The fraction of sp³-hybridized carbons (Fsp3) is 0.840. The van der Waals surface area contributed by atoms with E-state index in [0.29, 0.717) is 11.8 Å². The van der Waals surface area contributed by atoms with E-state index in [4.69, 9.17) is 14.2 Å². The SMILES string of the molecule is CC1([C@@]2(O)CC[C@H]3[C@@H]4CCC5=C(CCC6(C5)OCCO6)C4=CC[C@@]32C)CCCO1. The topological polar surface area (TPSA) is 47.9 Å². The normalized spacial score (nSPS) is 48.4. The van der Waals surface area contributed by atoms with Crippen LogP contribution in [-0.4, -0.2) is 41.9 Å². The quantitative estimate of drug-likeness (QED) is 0.695. The highest BCUT2D eigenvalue weighted by Crippen LogP contribution is 2.66. The average Bonchev–Trinajstić information content (AvgIpc) is 3.42. The van der Waals surface area contributed by atoms with Gasteiger partial charge in [-0.2, -0.15) is 0 Å². The Balaban J connectivity index is 1.33. The first-order valence-corrected chi connectivity index (χ1v) is 12.0. The summed E-state index contributed by atoms with van der Waals surface area (Å²) in [5.41, 5.74) is 3.65. The smallest absolute Gasteiger partial charge is 0.172 e. The molecule has 160 valence electrons. The second-order valence-electron chi connectivity index (χ2n) is 11.0. The lowest BCUT2D eigenvalue weighted by Crippen LogP contribution is -2.61. The molecule has 0 aromatic rings. The van der Waals surface area contributed by atoms with E-state index in [2.05, 4.69) is 19.9 Å². The maximum absolute atomic E-state index is 12.1. The second-order valence-corrected chi connectivity index (χ2v) is 11.0. The van der Waals surface area contributed by atoms with E-state index in [1.165, 1.54) is 12.8 Å². The lowest BCUT2D eigenvalue weighted by atomic mass is 9.53. The van der Waals surface area contributed by atoms with E-state index < -0.39 is 5.60 Å². The van der Waals surface area contributed by atoms with Crippen LogP contribution in [0.15, 0.2) is 22.8 Å². The summed E-state index contributed by atoms with van der Waals surface area (Å²) >= 11 is 0. The number of aliphatic hydroxyl groups is 1. The van der Waals surface area contributed by atoms with Crippen molar-refractivity contribution in [2.45, 2.75) is 95.0 Å². The van der Waals surface area contributed by atoms with Crippen molar-refractivity contribution in [3.63, 3.8) is 0 Å². The van der Waals surface area contributed by atoms with E-state index in [1.807, 2.05) is 0 Å². The van der Waals surface area contributed by atoms with Gasteiger partial charge in [-0.25, -0.2) is 0 Å². The van der Waals surface area contributed by atoms with Crippen LogP contribution < -0.4 is 0 Å². The van der Waals surface area contributed by atoms with Gasteiger partial charge in [-0.1, -0.05) is 18.6 Å². The van der Waals surface area contributed by atoms with Crippen molar-refractivity contribution in [3.05, 3.63) is 22.8 Å². The molecule has 3 fully saturated rings. The van der Waals surface area contributed by atoms with E-state index in [9.17, 15) is 5.11 Å². The first kappa shape index (κ1) is 19.0. The molecule has 0 aromatic carbocycles. The van der Waals surface area contributed by atoms with Gasteiger partial charge in [-0.05, 0) is 81.3 Å². The Bertz CT molecular complexity index is 770. The molecule has 1 unspecified atom stereocenters. The molecule has 6 rings (SSSR count). The maximum atomic E-state index is 12.1. The van der Waals surface area contributed by atoms with Crippen LogP contribution in [0.4, 0.5) is 0 Å². The first-order chi connectivity index (χ1) is 13.9. The van der Waals surface area contributed by atoms with Crippen LogP contribution in [0.5, 0.6) is 0 Å². The molecule has 0 aromatic heterocycles. The largest absolute Gasteiger partial charge is 0.386 e. The summed E-state index contributed by atoms with van der Waals surface area (Å²) in [6, 6.07) is 0. The summed E-state index contributed by atoms with van der Waals surface area (Å²) in [6.07, 6.45) is 13.0. The van der Waals surface area contributed by atoms with Crippen molar-refractivity contribution in [1.82, 2.24) is 0 Å². The molecule has 6 aliphatic rings. The summed E-state index contributed by atoms with van der Waals surface area (Å²) < 4.78 is 18.3. The van der Waals surface area contributed by atoms with Gasteiger partial charge in [0.2, 0.25) is 0 Å². The Morgan fingerprint density at radius 1 is 0.966 bits per heavy atom. The molecule has 2 aliphatic heterocycles. The van der Waals surface area contributed by atoms with Crippen molar-refractivity contribution in [1.29, 1.82) is 0 Å². The zero-order valence-electron chi connectivity index (χ0n) is 18.1. The number of ether oxygens (including phenoxy) is 3. The summed E-state index contributed by atoms with van der Waals surface area (Å²) in [6.45, 7) is 6.83. The molecule has 2 heterocycles.